The van der Waals surface area contributed by atoms with Gasteiger partial charge in [-0.25, -0.2) is 0 Å². The van der Waals surface area contributed by atoms with Gasteiger partial charge in [0.25, 0.3) is 0 Å². The normalized spacial score (nSPS) is 21.3. The zero-order chi connectivity index (χ0) is 15.2. The lowest BCUT2D eigenvalue weighted by Crippen LogP contribution is -2.43. The molecule has 1 saturated heterocycles. The highest BCUT2D eigenvalue weighted by Gasteiger charge is 2.35. The van der Waals surface area contributed by atoms with Crippen LogP contribution < -0.4 is 5.32 Å². The molecule has 0 saturated carbocycles. The maximum Gasteiger partial charge on any atom is 0.0128 e. The van der Waals surface area contributed by atoms with Crippen LogP contribution in [-0.4, -0.2) is 37.1 Å². The van der Waals surface area contributed by atoms with Gasteiger partial charge in [-0.2, -0.15) is 0 Å². The Morgan fingerprint density at radius 2 is 1.80 bits per heavy atom. The van der Waals surface area contributed by atoms with Gasteiger partial charge in [0, 0.05) is 12.6 Å². The Balaban J connectivity index is 2.44. The fourth-order valence-corrected chi connectivity index (χ4v) is 3.52. The fourth-order valence-electron chi connectivity index (χ4n) is 3.52. The Kier molecular flexibility index (Phi) is 7.00. The average Bonchev–Trinajstić information content (AvgIpc) is 2.81. The summed E-state index contributed by atoms with van der Waals surface area (Å²) >= 11 is 0. The van der Waals surface area contributed by atoms with Crippen LogP contribution in [0.3, 0.4) is 0 Å². The quantitative estimate of drug-likeness (QED) is 0.714. The minimum Gasteiger partial charge on any atom is -0.313 e. The Morgan fingerprint density at radius 1 is 1.15 bits per heavy atom. The molecular formula is C18H38N2. The van der Waals surface area contributed by atoms with Crippen LogP contribution in [0.5, 0.6) is 0 Å². The fraction of sp³-hybridized carbons (Fsp3) is 1.00. The van der Waals surface area contributed by atoms with E-state index in [4.69, 9.17) is 0 Å². The molecule has 1 fully saturated rings. The minimum absolute atomic E-state index is 0.363. The number of hydrogen-bond acceptors (Lipinski definition) is 2. The smallest absolute Gasteiger partial charge is 0.0128 e. The van der Waals surface area contributed by atoms with Crippen LogP contribution >= 0.6 is 0 Å². The third-order valence-corrected chi connectivity index (χ3v) is 5.44. The van der Waals surface area contributed by atoms with Crippen molar-refractivity contribution in [3.8, 4) is 0 Å². The summed E-state index contributed by atoms with van der Waals surface area (Å²) in [5.74, 6) is 0. The zero-order valence-corrected chi connectivity index (χ0v) is 14.9. The van der Waals surface area contributed by atoms with Crippen molar-refractivity contribution < 1.29 is 0 Å². The lowest BCUT2D eigenvalue weighted by molar-refractivity contribution is 0.201. The van der Waals surface area contributed by atoms with Gasteiger partial charge >= 0.3 is 0 Å². The van der Waals surface area contributed by atoms with Gasteiger partial charge in [-0.05, 0) is 62.6 Å². The molecule has 1 unspecified atom stereocenters. The van der Waals surface area contributed by atoms with Crippen LogP contribution in [0, 0.1) is 10.8 Å². The largest absolute Gasteiger partial charge is 0.313 e. The van der Waals surface area contributed by atoms with Crippen molar-refractivity contribution in [3.05, 3.63) is 0 Å². The van der Waals surface area contributed by atoms with Crippen LogP contribution in [0.4, 0.5) is 0 Å². The van der Waals surface area contributed by atoms with Crippen LogP contribution in [0.1, 0.15) is 73.6 Å². The van der Waals surface area contributed by atoms with E-state index in [0.717, 1.165) is 6.54 Å². The summed E-state index contributed by atoms with van der Waals surface area (Å²) in [5, 5.41) is 3.76. The van der Waals surface area contributed by atoms with E-state index in [2.05, 4.69) is 51.8 Å². The van der Waals surface area contributed by atoms with E-state index >= 15 is 0 Å². The van der Waals surface area contributed by atoms with Crippen molar-refractivity contribution in [1.82, 2.24) is 10.2 Å². The van der Waals surface area contributed by atoms with Gasteiger partial charge in [0.2, 0.25) is 0 Å². The third-order valence-electron chi connectivity index (χ3n) is 5.44. The van der Waals surface area contributed by atoms with E-state index < -0.39 is 0 Å². The molecule has 20 heavy (non-hydrogen) atoms. The Bertz CT molecular complexity index is 263. The molecule has 120 valence electrons. The first kappa shape index (κ1) is 18.0. The minimum atomic E-state index is 0.363. The maximum atomic E-state index is 3.76. The molecule has 2 nitrogen and oxygen atoms in total. The third kappa shape index (κ3) is 5.04. The molecule has 0 spiro atoms. The summed E-state index contributed by atoms with van der Waals surface area (Å²) in [6, 6.07) is 0.640. The van der Waals surface area contributed by atoms with Crippen molar-refractivity contribution in [1.29, 1.82) is 0 Å². The van der Waals surface area contributed by atoms with E-state index in [0.29, 0.717) is 16.9 Å². The summed E-state index contributed by atoms with van der Waals surface area (Å²) in [6.45, 7) is 19.1. The predicted molar refractivity (Wildman–Crippen MR) is 90.2 cm³/mol. The summed E-state index contributed by atoms with van der Waals surface area (Å²) in [6.07, 6.45) is 6.61. The molecule has 1 aliphatic heterocycles. The SMILES string of the molecule is CCCNC(CCN1CCC(CC)(CC)C1)C(C)(C)C. The molecule has 1 aliphatic rings. The van der Waals surface area contributed by atoms with Crippen molar-refractivity contribution in [2.45, 2.75) is 79.7 Å². The van der Waals surface area contributed by atoms with Crippen molar-refractivity contribution in [3.63, 3.8) is 0 Å². The van der Waals surface area contributed by atoms with Gasteiger partial charge in [-0.15, -0.1) is 0 Å². The van der Waals surface area contributed by atoms with Gasteiger partial charge in [0.1, 0.15) is 0 Å². The molecule has 0 amide bonds. The maximum absolute atomic E-state index is 3.76. The van der Waals surface area contributed by atoms with Gasteiger partial charge in [-0.1, -0.05) is 41.5 Å². The molecule has 1 atom stereocenters. The summed E-state index contributed by atoms with van der Waals surface area (Å²) in [7, 11) is 0. The molecule has 0 aromatic rings. The van der Waals surface area contributed by atoms with Gasteiger partial charge in [0.15, 0.2) is 0 Å². The first-order chi connectivity index (χ1) is 9.37. The van der Waals surface area contributed by atoms with Crippen LogP contribution in [0.25, 0.3) is 0 Å². The molecule has 0 aromatic heterocycles. The number of likely N-dealkylation sites (tertiary alicyclic amines) is 1. The molecule has 0 aliphatic carbocycles. The van der Waals surface area contributed by atoms with E-state index in [1.807, 2.05) is 0 Å². The van der Waals surface area contributed by atoms with Crippen molar-refractivity contribution >= 4 is 0 Å². The highest BCUT2D eigenvalue weighted by molar-refractivity contribution is 4.89. The number of nitrogens with one attached hydrogen (secondary N) is 1. The standard InChI is InChI=1S/C18H38N2/c1-7-12-19-16(17(4,5)6)10-13-20-14-11-18(8-2,9-3)15-20/h16,19H,7-15H2,1-6H3. The molecule has 0 radical (unpaired) electrons. The monoisotopic (exact) mass is 282 g/mol. The zero-order valence-electron chi connectivity index (χ0n) is 14.9. The number of hydrogen-bond donors (Lipinski definition) is 1. The number of nitrogens with zero attached hydrogens (tertiary/aromatic N) is 1. The van der Waals surface area contributed by atoms with E-state index in [1.54, 1.807) is 0 Å². The van der Waals surface area contributed by atoms with E-state index in [1.165, 1.54) is 51.7 Å². The number of rotatable bonds is 8. The highest BCUT2D eigenvalue weighted by Crippen LogP contribution is 2.37. The van der Waals surface area contributed by atoms with Gasteiger partial charge in [-0.3, -0.25) is 0 Å². The predicted octanol–water partition coefficient (Wildman–Crippen LogP) is 4.30. The Hall–Kier alpha value is -0.0800. The Morgan fingerprint density at radius 3 is 2.25 bits per heavy atom. The first-order valence-corrected chi connectivity index (χ1v) is 8.82. The van der Waals surface area contributed by atoms with Crippen LogP contribution in [0.2, 0.25) is 0 Å². The second kappa shape index (κ2) is 7.79. The molecule has 1 heterocycles. The molecule has 2 heteroatoms. The van der Waals surface area contributed by atoms with E-state index in [9.17, 15) is 0 Å². The topological polar surface area (TPSA) is 15.3 Å². The van der Waals surface area contributed by atoms with Crippen molar-refractivity contribution in [2.24, 2.45) is 10.8 Å². The lowest BCUT2D eigenvalue weighted by Gasteiger charge is -2.33. The molecular weight excluding hydrogens is 244 g/mol. The second-order valence-electron chi connectivity index (χ2n) is 7.89. The van der Waals surface area contributed by atoms with Gasteiger partial charge < -0.3 is 10.2 Å². The molecule has 0 bridgehead atoms. The summed E-state index contributed by atoms with van der Waals surface area (Å²) in [5.41, 5.74) is 0.982. The summed E-state index contributed by atoms with van der Waals surface area (Å²) in [4.78, 5) is 2.71. The molecule has 1 N–H and O–H groups in total. The van der Waals surface area contributed by atoms with Crippen molar-refractivity contribution in [2.75, 3.05) is 26.2 Å². The van der Waals surface area contributed by atoms with Crippen LogP contribution in [0.15, 0.2) is 0 Å². The average molecular weight is 283 g/mol. The molecule has 0 aromatic carbocycles. The first-order valence-electron chi connectivity index (χ1n) is 8.82. The van der Waals surface area contributed by atoms with Gasteiger partial charge in [0.05, 0.1) is 0 Å². The Labute approximate surface area is 127 Å². The highest BCUT2D eigenvalue weighted by atomic mass is 15.2. The lowest BCUT2D eigenvalue weighted by atomic mass is 9.82. The second-order valence-corrected chi connectivity index (χ2v) is 7.89. The molecule has 1 rings (SSSR count). The van der Waals surface area contributed by atoms with Crippen LogP contribution in [-0.2, 0) is 0 Å². The summed E-state index contributed by atoms with van der Waals surface area (Å²) < 4.78 is 0. The van der Waals surface area contributed by atoms with E-state index in [-0.39, 0.29) is 0 Å².